The largest absolute Gasteiger partial charge is 0.454 e. The summed E-state index contributed by atoms with van der Waals surface area (Å²) in [5, 5.41) is 2.80. The highest BCUT2D eigenvalue weighted by atomic mass is 16.7. The van der Waals surface area contributed by atoms with Gasteiger partial charge in [0.05, 0.1) is 17.9 Å². The first kappa shape index (κ1) is 19.9. The number of ketones is 1. The van der Waals surface area contributed by atoms with Gasteiger partial charge in [-0.2, -0.15) is 0 Å². The Hall–Kier alpha value is -3.40. The van der Waals surface area contributed by atoms with Crippen LogP contribution in [0.1, 0.15) is 33.6 Å². The van der Waals surface area contributed by atoms with Crippen molar-refractivity contribution in [3.05, 3.63) is 35.4 Å². The van der Waals surface area contributed by atoms with Gasteiger partial charge in [0.1, 0.15) is 0 Å². The van der Waals surface area contributed by atoms with Crippen LogP contribution < -0.4 is 14.8 Å². The number of ether oxygens (including phenoxy) is 2. The number of amides is 2. The number of fused-ring (bicyclic) bond motifs is 1. The highest BCUT2D eigenvalue weighted by Crippen LogP contribution is 2.37. The van der Waals surface area contributed by atoms with Gasteiger partial charge in [0.25, 0.3) is 5.91 Å². The molecule has 2 amide bonds. The van der Waals surface area contributed by atoms with Crippen LogP contribution in [0.2, 0.25) is 0 Å². The van der Waals surface area contributed by atoms with E-state index in [0.29, 0.717) is 54.8 Å². The van der Waals surface area contributed by atoms with Gasteiger partial charge in [0, 0.05) is 44.0 Å². The van der Waals surface area contributed by atoms with Gasteiger partial charge in [-0.3, -0.25) is 19.3 Å². The van der Waals surface area contributed by atoms with Crippen LogP contribution in [-0.4, -0.2) is 76.9 Å². The zero-order chi connectivity index (χ0) is 21.3. The number of carbonyl (C=O) groups is 3. The van der Waals surface area contributed by atoms with Crippen LogP contribution in [0.15, 0.2) is 18.3 Å². The first-order valence-electron chi connectivity index (χ1n) is 9.69. The fourth-order valence-electron chi connectivity index (χ4n) is 3.51. The molecule has 158 valence electrons. The van der Waals surface area contributed by atoms with Crippen molar-refractivity contribution >= 4 is 23.3 Å². The van der Waals surface area contributed by atoms with Gasteiger partial charge in [-0.05, 0) is 19.9 Å². The molecule has 2 aliphatic heterocycles. The number of piperazine rings is 1. The maximum absolute atomic E-state index is 12.6. The van der Waals surface area contributed by atoms with E-state index in [1.807, 2.05) is 11.8 Å². The number of H-pyrrole nitrogens is 1. The Kier molecular flexibility index (Phi) is 5.40. The van der Waals surface area contributed by atoms with Crippen LogP contribution in [0.25, 0.3) is 0 Å². The quantitative estimate of drug-likeness (QED) is 0.704. The van der Waals surface area contributed by atoms with Crippen LogP contribution in [0.3, 0.4) is 0 Å². The van der Waals surface area contributed by atoms with E-state index in [0.717, 1.165) is 5.69 Å². The Balaban J connectivity index is 1.33. The molecule has 2 N–H and O–H groups in total. The van der Waals surface area contributed by atoms with Crippen LogP contribution in [0.4, 0.5) is 5.69 Å². The lowest BCUT2D eigenvalue weighted by atomic mass is 10.1. The molecule has 0 spiro atoms. The van der Waals surface area contributed by atoms with Crippen molar-refractivity contribution in [2.45, 2.75) is 13.8 Å². The Morgan fingerprint density at radius 1 is 1.13 bits per heavy atom. The maximum atomic E-state index is 12.6. The van der Waals surface area contributed by atoms with Crippen molar-refractivity contribution in [1.82, 2.24) is 19.8 Å². The summed E-state index contributed by atoms with van der Waals surface area (Å²) in [6, 6.07) is 3.19. The second-order valence-electron chi connectivity index (χ2n) is 7.31. The van der Waals surface area contributed by atoms with Crippen LogP contribution in [0.5, 0.6) is 11.5 Å². The van der Waals surface area contributed by atoms with Crippen LogP contribution in [-0.2, 0) is 4.79 Å². The predicted octanol–water partition coefficient (Wildman–Crippen LogP) is 1.05. The van der Waals surface area contributed by atoms with Gasteiger partial charge >= 0.3 is 0 Å². The Bertz CT molecular complexity index is 993. The Morgan fingerprint density at radius 2 is 1.83 bits per heavy atom. The molecule has 0 unspecified atom stereocenters. The van der Waals surface area contributed by atoms with E-state index in [4.69, 9.17) is 9.47 Å². The van der Waals surface area contributed by atoms with E-state index in [1.54, 1.807) is 23.2 Å². The van der Waals surface area contributed by atoms with E-state index in [-0.39, 0.29) is 30.9 Å². The second kappa shape index (κ2) is 8.15. The predicted molar refractivity (Wildman–Crippen MR) is 107 cm³/mol. The smallest absolute Gasteiger partial charge is 0.289 e. The molecule has 0 radical (unpaired) electrons. The molecule has 4 rings (SSSR count). The summed E-state index contributed by atoms with van der Waals surface area (Å²) in [4.78, 5) is 47.7. The minimum Gasteiger partial charge on any atom is -0.454 e. The summed E-state index contributed by atoms with van der Waals surface area (Å²) in [7, 11) is 0. The third-order valence-corrected chi connectivity index (χ3v) is 5.10. The monoisotopic (exact) mass is 413 g/mol. The minimum absolute atomic E-state index is 0.0879. The average Bonchev–Trinajstić information content (AvgIpc) is 3.35. The molecule has 1 aromatic carbocycles. The lowest BCUT2D eigenvalue weighted by molar-refractivity contribution is -0.117. The number of benzene rings is 1. The van der Waals surface area contributed by atoms with Crippen molar-refractivity contribution in [1.29, 1.82) is 0 Å². The van der Waals surface area contributed by atoms with Crippen molar-refractivity contribution in [3.8, 4) is 11.5 Å². The highest BCUT2D eigenvalue weighted by molar-refractivity contribution is 6.05. The number of nitrogens with one attached hydrogen (secondary N) is 2. The molecular formula is C20H23N5O5. The molecule has 0 aliphatic carbocycles. The van der Waals surface area contributed by atoms with Crippen LogP contribution in [0, 0.1) is 6.92 Å². The standard InChI is InChI=1S/C20H23N5O5/c1-12-9-21-19(22-12)20(28)25-5-3-24(4-6-25)10-18(27)23-15-8-17-16(29-11-30-17)7-14(15)13(2)26/h7-9H,3-6,10-11H2,1-2H3,(H,21,22)(H,23,27). The van der Waals surface area contributed by atoms with Crippen LogP contribution >= 0.6 is 0 Å². The fraction of sp³-hybridized carbons (Fsp3) is 0.400. The van der Waals surface area contributed by atoms with Gasteiger partial charge < -0.3 is 24.7 Å². The molecular weight excluding hydrogens is 390 g/mol. The number of aromatic nitrogens is 2. The van der Waals surface area contributed by atoms with Gasteiger partial charge in [-0.1, -0.05) is 0 Å². The lowest BCUT2D eigenvalue weighted by Crippen LogP contribution is -2.50. The SMILES string of the molecule is CC(=O)c1cc2c(cc1NC(=O)CN1CCN(C(=O)c3nc(C)c[nH]3)CC1)OCO2. The fourth-order valence-corrected chi connectivity index (χ4v) is 3.51. The number of aromatic amines is 1. The summed E-state index contributed by atoms with van der Waals surface area (Å²) in [5.74, 6) is 0.764. The van der Waals surface area contributed by atoms with E-state index in [9.17, 15) is 14.4 Å². The van der Waals surface area contributed by atoms with Crippen molar-refractivity contribution in [2.24, 2.45) is 0 Å². The molecule has 10 nitrogen and oxygen atoms in total. The second-order valence-corrected chi connectivity index (χ2v) is 7.31. The van der Waals surface area contributed by atoms with Gasteiger partial charge in [-0.15, -0.1) is 0 Å². The number of Topliss-reactive ketones (excluding diaryl/α,β-unsaturated/α-hetero) is 1. The average molecular weight is 413 g/mol. The van der Waals surface area contributed by atoms with Gasteiger partial charge in [-0.25, -0.2) is 4.98 Å². The number of hydrogen-bond acceptors (Lipinski definition) is 7. The summed E-state index contributed by atoms with van der Waals surface area (Å²) in [6.45, 7) is 5.66. The molecule has 1 fully saturated rings. The normalized spacial score (nSPS) is 15.9. The molecule has 0 atom stereocenters. The van der Waals surface area contributed by atoms with E-state index in [2.05, 4.69) is 15.3 Å². The van der Waals surface area contributed by atoms with Crippen molar-refractivity contribution in [3.63, 3.8) is 0 Å². The number of imidazole rings is 1. The maximum Gasteiger partial charge on any atom is 0.289 e. The number of hydrogen-bond donors (Lipinski definition) is 2. The third-order valence-electron chi connectivity index (χ3n) is 5.10. The number of nitrogens with zero attached hydrogens (tertiary/aromatic N) is 3. The molecule has 1 aromatic heterocycles. The molecule has 2 aromatic rings. The first-order valence-corrected chi connectivity index (χ1v) is 9.69. The lowest BCUT2D eigenvalue weighted by Gasteiger charge is -2.33. The number of rotatable bonds is 5. The third kappa shape index (κ3) is 4.13. The molecule has 0 saturated carbocycles. The van der Waals surface area contributed by atoms with Gasteiger partial charge in [0.15, 0.2) is 23.1 Å². The first-order chi connectivity index (χ1) is 14.4. The van der Waals surface area contributed by atoms with E-state index in [1.165, 1.54) is 6.92 Å². The number of carbonyl (C=O) groups excluding carboxylic acids is 3. The summed E-state index contributed by atoms with van der Waals surface area (Å²) < 4.78 is 10.6. The number of anilines is 1. The molecule has 0 bridgehead atoms. The van der Waals surface area contributed by atoms with E-state index >= 15 is 0 Å². The zero-order valence-corrected chi connectivity index (χ0v) is 16.9. The van der Waals surface area contributed by atoms with Crippen molar-refractivity contribution < 1.29 is 23.9 Å². The topological polar surface area (TPSA) is 117 Å². The number of aryl methyl sites for hydroxylation is 1. The molecule has 2 aliphatic rings. The zero-order valence-electron chi connectivity index (χ0n) is 16.9. The summed E-state index contributed by atoms with van der Waals surface area (Å²) in [5.41, 5.74) is 1.54. The Morgan fingerprint density at radius 3 is 2.47 bits per heavy atom. The molecule has 30 heavy (non-hydrogen) atoms. The summed E-state index contributed by atoms with van der Waals surface area (Å²) >= 11 is 0. The molecule has 3 heterocycles. The Labute approximate surface area is 173 Å². The minimum atomic E-state index is -0.238. The molecule has 10 heteroatoms. The van der Waals surface area contributed by atoms with Crippen molar-refractivity contribution in [2.75, 3.05) is 44.8 Å². The van der Waals surface area contributed by atoms with Gasteiger partial charge in [0.2, 0.25) is 12.7 Å². The highest BCUT2D eigenvalue weighted by Gasteiger charge is 2.26. The summed E-state index contributed by atoms with van der Waals surface area (Å²) in [6.07, 6.45) is 1.69. The van der Waals surface area contributed by atoms with E-state index < -0.39 is 0 Å². The molecule has 1 saturated heterocycles.